The fourth-order valence-electron chi connectivity index (χ4n) is 3.50. The summed E-state index contributed by atoms with van der Waals surface area (Å²) in [5, 5.41) is 45.2. The first-order valence-electron chi connectivity index (χ1n) is 10.4. The summed E-state index contributed by atoms with van der Waals surface area (Å²) in [6.07, 6.45) is -3.12. The second kappa shape index (κ2) is 10.9. The van der Waals surface area contributed by atoms with E-state index in [1.165, 1.54) is 17.0 Å². The largest absolute Gasteiger partial charge is 0.383 e. The zero-order valence-electron chi connectivity index (χ0n) is 18.0. The molecule has 3 rings (SSSR count). The monoisotopic (exact) mass is 477 g/mol. The van der Waals surface area contributed by atoms with Crippen molar-refractivity contribution >= 4 is 35.5 Å². The minimum absolute atomic E-state index is 0.0442. The third-order valence-electron chi connectivity index (χ3n) is 5.28. The van der Waals surface area contributed by atoms with Crippen LogP contribution in [0.5, 0.6) is 0 Å². The van der Waals surface area contributed by atoms with Crippen molar-refractivity contribution in [1.82, 2.24) is 15.3 Å². The molecule has 14 heteroatoms. The molecule has 0 bridgehead atoms. The molecule has 0 aliphatic carbocycles. The van der Waals surface area contributed by atoms with Crippen molar-refractivity contribution in [1.29, 1.82) is 0 Å². The molecule has 184 valence electrons. The molecular weight excluding hydrogens is 450 g/mol. The molecular formula is C20H27N7O7. The summed E-state index contributed by atoms with van der Waals surface area (Å²) in [6, 6.07) is 4.80. The first-order chi connectivity index (χ1) is 16.2. The number of carbonyl (C=O) groups is 2. The molecule has 0 fully saturated rings. The second-order valence-electron chi connectivity index (χ2n) is 7.71. The Kier molecular flexibility index (Phi) is 8.01. The van der Waals surface area contributed by atoms with Crippen LogP contribution in [0.1, 0.15) is 23.2 Å². The summed E-state index contributed by atoms with van der Waals surface area (Å²) < 4.78 is 0. The van der Waals surface area contributed by atoms with Crippen LogP contribution >= 0.6 is 0 Å². The zero-order chi connectivity index (χ0) is 24.8. The van der Waals surface area contributed by atoms with Gasteiger partial charge in [-0.1, -0.05) is 0 Å². The number of nitrogens with two attached hydrogens (primary N) is 1. The van der Waals surface area contributed by atoms with E-state index in [-0.39, 0.29) is 42.4 Å². The number of rotatable bonds is 10. The lowest BCUT2D eigenvalue weighted by Gasteiger charge is -2.34. The fourth-order valence-corrected chi connectivity index (χ4v) is 3.50. The average Bonchev–Trinajstić information content (AvgIpc) is 2.79. The van der Waals surface area contributed by atoms with Gasteiger partial charge in [0.05, 0.1) is 12.1 Å². The van der Waals surface area contributed by atoms with Gasteiger partial charge in [0.1, 0.15) is 0 Å². The van der Waals surface area contributed by atoms with Crippen LogP contribution in [0, 0.1) is 0 Å². The number of nitrogens with one attached hydrogen (secondary N) is 4. The third kappa shape index (κ3) is 5.99. The van der Waals surface area contributed by atoms with Gasteiger partial charge in [0.25, 0.3) is 11.5 Å². The maximum absolute atomic E-state index is 12.4. The number of aliphatic hydroxyl groups is 4. The SMILES string of the molecule is Nc1nc2c(c(=O)[nH]1)N(C=O)[C@@H](CNc1ccc(C(=O)NC(CCC(O)O)C(O)O)cc1)CN2. The molecule has 2 amide bonds. The summed E-state index contributed by atoms with van der Waals surface area (Å²) >= 11 is 0. The van der Waals surface area contributed by atoms with Gasteiger partial charge >= 0.3 is 0 Å². The summed E-state index contributed by atoms with van der Waals surface area (Å²) in [5.74, 6) is -0.406. The molecule has 14 nitrogen and oxygen atoms in total. The lowest BCUT2D eigenvalue weighted by atomic mass is 10.1. The lowest BCUT2D eigenvalue weighted by Crippen LogP contribution is -2.50. The Balaban J connectivity index is 1.61. The highest BCUT2D eigenvalue weighted by atomic mass is 16.5. The highest BCUT2D eigenvalue weighted by Crippen LogP contribution is 2.25. The average molecular weight is 477 g/mol. The van der Waals surface area contributed by atoms with Crippen LogP contribution < -0.4 is 32.1 Å². The summed E-state index contributed by atoms with van der Waals surface area (Å²) in [6.45, 7) is 0.603. The van der Waals surface area contributed by atoms with Gasteiger partial charge in [-0.15, -0.1) is 0 Å². The molecule has 1 aromatic heterocycles. The molecule has 1 aliphatic rings. The fraction of sp³-hybridized carbons (Fsp3) is 0.400. The van der Waals surface area contributed by atoms with Crippen molar-refractivity contribution in [2.45, 2.75) is 37.5 Å². The van der Waals surface area contributed by atoms with Gasteiger partial charge in [0.15, 0.2) is 24.1 Å². The Morgan fingerprint density at radius 3 is 2.56 bits per heavy atom. The van der Waals surface area contributed by atoms with Gasteiger partial charge in [0, 0.05) is 30.8 Å². The maximum Gasteiger partial charge on any atom is 0.278 e. The van der Waals surface area contributed by atoms with Crippen LogP contribution in [-0.4, -0.2) is 80.5 Å². The maximum atomic E-state index is 12.4. The summed E-state index contributed by atoms with van der Waals surface area (Å²) in [4.78, 5) is 43.9. The van der Waals surface area contributed by atoms with E-state index in [2.05, 4.69) is 25.9 Å². The minimum atomic E-state index is -1.86. The molecule has 0 saturated heterocycles. The number of benzene rings is 1. The van der Waals surface area contributed by atoms with Crippen molar-refractivity contribution in [3.63, 3.8) is 0 Å². The Labute approximate surface area is 193 Å². The molecule has 2 atom stereocenters. The van der Waals surface area contributed by atoms with Crippen LogP contribution in [-0.2, 0) is 4.79 Å². The number of anilines is 4. The number of aliphatic hydroxyl groups excluding tert-OH is 2. The van der Waals surface area contributed by atoms with Gasteiger partial charge in [-0.25, -0.2) is 0 Å². The zero-order valence-corrected chi connectivity index (χ0v) is 18.0. The smallest absolute Gasteiger partial charge is 0.278 e. The number of aromatic nitrogens is 2. The number of fused-ring (bicyclic) bond motifs is 1. The molecule has 0 spiro atoms. The van der Waals surface area contributed by atoms with Crippen LogP contribution in [0.15, 0.2) is 29.1 Å². The molecule has 1 aromatic carbocycles. The number of amides is 2. The van der Waals surface area contributed by atoms with Gasteiger partial charge in [0.2, 0.25) is 12.4 Å². The first kappa shape index (κ1) is 24.9. The molecule has 0 radical (unpaired) electrons. The van der Waals surface area contributed by atoms with Crippen molar-refractivity contribution in [3.05, 3.63) is 40.2 Å². The van der Waals surface area contributed by atoms with Crippen LogP contribution in [0.4, 0.5) is 23.1 Å². The third-order valence-corrected chi connectivity index (χ3v) is 5.28. The van der Waals surface area contributed by atoms with Crippen molar-refractivity contribution < 1.29 is 30.0 Å². The van der Waals surface area contributed by atoms with E-state index in [1.807, 2.05) is 0 Å². The number of aromatic amines is 1. The minimum Gasteiger partial charge on any atom is -0.383 e. The van der Waals surface area contributed by atoms with Crippen LogP contribution in [0.2, 0.25) is 0 Å². The standard InChI is InChI=1S/C20H27N7O7/c21-20-25-16-15(18(32)26-20)27(9-28)12(8-23-16)7-22-11-3-1-10(2-4-11)17(31)24-13(19(33)34)5-6-14(29)30/h1-4,9,12-14,19,22,29-30,33-34H,5-8H2,(H,24,31)(H4,21,23,25,26,32)/t12-,13?/m0/s1. The Bertz CT molecular complexity index is 1060. The Morgan fingerprint density at radius 1 is 1.24 bits per heavy atom. The van der Waals surface area contributed by atoms with Crippen molar-refractivity contribution in [2.75, 3.05) is 34.4 Å². The van der Waals surface area contributed by atoms with E-state index in [1.54, 1.807) is 12.1 Å². The summed E-state index contributed by atoms with van der Waals surface area (Å²) in [5.41, 5.74) is 5.96. The van der Waals surface area contributed by atoms with E-state index in [0.29, 0.717) is 18.6 Å². The Morgan fingerprint density at radius 2 is 1.94 bits per heavy atom. The quantitative estimate of drug-likeness (QED) is 0.131. The number of hydrogen-bond acceptors (Lipinski definition) is 11. The number of nitrogen functional groups attached to an aromatic ring is 1. The topological polar surface area (TPSA) is 226 Å². The van der Waals surface area contributed by atoms with Crippen molar-refractivity contribution in [3.8, 4) is 0 Å². The Hall–Kier alpha value is -3.72. The number of H-pyrrole nitrogens is 1. The van der Waals surface area contributed by atoms with E-state index in [0.717, 1.165) is 0 Å². The molecule has 2 heterocycles. The summed E-state index contributed by atoms with van der Waals surface area (Å²) in [7, 11) is 0. The van der Waals surface area contributed by atoms with Crippen LogP contribution in [0.25, 0.3) is 0 Å². The van der Waals surface area contributed by atoms with E-state index in [4.69, 9.17) is 15.9 Å². The lowest BCUT2D eigenvalue weighted by molar-refractivity contribution is -0.107. The molecule has 2 aromatic rings. The number of hydrogen-bond donors (Lipinski definition) is 9. The normalized spacial score (nSPS) is 16.1. The number of nitrogens with zero attached hydrogens (tertiary/aromatic N) is 2. The predicted octanol–water partition coefficient (Wildman–Crippen LogP) is -2.28. The van der Waals surface area contributed by atoms with E-state index < -0.39 is 36.1 Å². The highest BCUT2D eigenvalue weighted by molar-refractivity contribution is 5.94. The van der Waals surface area contributed by atoms with Gasteiger partial charge < -0.3 is 47.0 Å². The van der Waals surface area contributed by atoms with Gasteiger partial charge in [-0.2, -0.15) is 4.98 Å². The van der Waals surface area contributed by atoms with Crippen molar-refractivity contribution in [2.24, 2.45) is 0 Å². The molecule has 10 N–H and O–H groups in total. The molecule has 1 unspecified atom stereocenters. The van der Waals surface area contributed by atoms with Gasteiger partial charge in [-0.05, 0) is 30.7 Å². The van der Waals surface area contributed by atoms with Crippen LogP contribution in [0.3, 0.4) is 0 Å². The number of carbonyl (C=O) groups excluding carboxylic acids is 2. The molecule has 34 heavy (non-hydrogen) atoms. The predicted molar refractivity (Wildman–Crippen MR) is 122 cm³/mol. The second-order valence-corrected chi connectivity index (χ2v) is 7.71. The van der Waals surface area contributed by atoms with E-state index in [9.17, 15) is 24.6 Å². The molecule has 0 saturated carbocycles. The van der Waals surface area contributed by atoms with Gasteiger partial charge in [-0.3, -0.25) is 19.4 Å². The highest BCUT2D eigenvalue weighted by Gasteiger charge is 2.29. The first-order valence-corrected chi connectivity index (χ1v) is 10.4. The van der Waals surface area contributed by atoms with E-state index >= 15 is 0 Å². The molecule has 1 aliphatic heterocycles.